The van der Waals surface area contributed by atoms with E-state index in [0.717, 1.165) is 50.1 Å². The third-order valence-electron chi connectivity index (χ3n) is 3.67. The second-order valence-corrected chi connectivity index (χ2v) is 5.89. The molecule has 0 aromatic carbocycles. The maximum atomic E-state index is 12.2. The first-order chi connectivity index (χ1) is 11.1. The van der Waals surface area contributed by atoms with Crippen molar-refractivity contribution in [2.75, 3.05) is 26.7 Å². The number of aliphatic imine (C=N–C) groups is 1. The van der Waals surface area contributed by atoms with Crippen LogP contribution in [0.3, 0.4) is 0 Å². The number of hydrogen-bond donors (Lipinski definition) is 1. The van der Waals surface area contributed by atoms with Crippen LogP contribution in [0, 0.1) is 0 Å². The molecule has 128 valence electrons. The summed E-state index contributed by atoms with van der Waals surface area (Å²) < 4.78 is 0. The molecule has 1 amide bonds. The molecule has 0 bridgehead atoms. The van der Waals surface area contributed by atoms with E-state index in [2.05, 4.69) is 42.2 Å². The fraction of sp³-hybridized carbons (Fsp3) is 0.611. The molecule has 1 heterocycles. The predicted octanol–water partition coefficient (Wildman–Crippen LogP) is 2.49. The fourth-order valence-electron chi connectivity index (χ4n) is 2.44. The summed E-state index contributed by atoms with van der Waals surface area (Å²) in [5.41, 5.74) is 2.43. The number of allylic oxidation sites excluding steroid dienone is 2. The number of amides is 1. The number of carbonyl (C=O) groups is 2. The second kappa shape index (κ2) is 10.9. The van der Waals surface area contributed by atoms with Crippen LogP contribution in [0.4, 0.5) is 0 Å². The molecule has 0 aromatic rings. The van der Waals surface area contributed by atoms with Gasteiger partial charge in [0.2, 0.25) is 0 Å². The predicted molar refractivity (Wildman–Crippen MR) is 94.6 cm³/mol. The molecule has 0 aromatic heterocycles. The molecule has 23 heavy (non-hydrogen) atoms. The molecule has 0 saturated heterocycles. The molecule has 5 heteroatoms. The largest absolute Gasteiger partial charge is 0.344 e. The highest BCUT2D eigenvalue weighted by Crippen LogP contribution is 2.22. The Morgan fingerprint density at radius 1 is 1.35 bits per heavy atom. The van der Waals surface area contributed by atoms with E-state index in [1.807, 2.05) is 6.08 Å². The molecule has 0 saturated carbocycles. The minimum Gasteiger partial charge on any atom is -0.344 e. The summed E-state index contributed by atoms with van der Waals surface area (Å²) in [6.45, 7) is 6.06. The van der Waals surface area contributed by atoms with E-state index in [-0.39, 0.29) is 12.5 Å². The smallest absolute Gasteiger partial charge is 0.270 e. The first-order valence-corrected chi connectivity index (χ1v) is 8.48. The van der Waals surface area contributed by atoms with E-state index in [1.165, 1.54) is 0 Å². The minimum absolute atomic E-state index is 0.0256. The Kier molecular flexibility index (Phi) is 9.14. The van der Waals surface area contributed by atoms with Crippen molar-refractivity contribution in [3.8, 4) is 0 Å². The maximum absolute atomic E-state index is 12.2. The van der Waals surface area contributed by atoms with Gasteiger partial charge in [-0.3, -0.25) is 4.79 Å². The Labute approximate surface area is 139 Å². The Bertz CT molecular complexity index is 492. The lowest BCUT2D eigenvalue weighted by Crippen LogP contribution is -2.28. The van der Waals surface area contributed by atoms with Crippen LogP contribution in [-0.2, 0) is 9.59 Å². The highest BCUT2D eigenvalue weighted by atomic mass is 16.2. The highest BCUT2D eigenvalue weighted by Gasteiger charge is 2.22. The van der Waals surface area contributed by atoms with Crippen molar-refractivity contribution in [1.82, 2.24) is 10.2 Å². The number of likely N-dealkylation sites (N-methyl/N-ethyl adjacent to an activating group) is 1. The van der Waals surface area contributed by atoms with Gasteiger partial charge in [0.15, 0.2) is 0 Å². The van der Waals surface area contributed by atoms with E-state index in [1.54, 1.807) is 0 Å². The summed E-state index contributed by atoms with van der Waals surface area (Å²) in [6, 6.07) is 0. The molecule has 1 rings (SSSR count). The van der Waals surface area contributed by atoms with E-state index >= 15 is 0 Å². The van der Waals surface area contributed by atoms with Crippen LogP contribution in [-0.4, -0.2) is 49.5 Å². The minimum atomic E-state index is -0.255. The van der Waals surface area contributed by atoms with Gasteiger partial charge in [-0.15, -0.1) is 0 Å². The standard InChI is InChI=1S/C18H29N3O2/c1-4-6-8-9-16-13-15(14-21(3)11-7-5-2)17(20-16)18(23)19-10-12-22/h8-9,12H,4-7,10-11,13-14H2,1-3H3,(H,19,23)/b9-8+. The number of nitrogens with one attached hydrogen (secondary N) is 1. The van der Waals surface area contributed by atoms with Gasteiger partial charge in [0.1, 0.15) is 12.0 Å². The van der Waals surface area contributed by atoms with Gasteiger partial charge in [-0.25, -0.2) is 4.99 Å². The quantitative estimate of drug-likeness (QED) is 0.595. The van der Waals surface area contributed by atoms with E-state index in [0.29, 0.717) is 18.4 Å². The Morgan fingerprint density at radius 2 is 2.13 bits per heavy atom. The number of nitrogens with zero attached hydrogens (tertiary/aromatic N) is 2. The van der Waals surface area contributed by atoms with Gasteiger partial charge in [0.05, 0.1) is 6.54 Å². The lowest BCUT2D eigenvalue weighted by molar-refractivity contribution is -0.119. The molecule has 0 fully saturated rings. The van der Waals surface area contributed by atoms with Crippen molar-refractivity contribution in [3.63, 3.8) is 0 Å². The van der Waals surface area contributed by atoms with Gasteiger partial charge >= 0.3 is 0 Å². The normalized spacial score (nSPS) is 14.7. The number of carbonyl (C=O) groups excluding carboxylic acids is 2. The van der Waals surface area contributed by atoms with Crippen LogP contribution in [0.2, 0.25) is 0 Å². The Hall–Kier alpha value is -1.75. The third kappa shape index (κ3) is 6.91. The first kappa shape index (κ1) is 19.3. The van der Waals surface area contributed by atoms with Crippen molar-refractivity contribution in [3.05, 3.63) is 23.4 Å². The number of unbranched alkanes of at least 4 members (excludes halogenated alkanes) is 2. The monoisotopic (exact) mass is 319 g/mol. The van der Waals surface area contributed by atoms with Crippen LogP contribution in [0.5, 0.6) is 0 Å². The summed E-state index contributed by atoms with van der Waals surface area (Å²) in [6.07, 6.45) is 9.90. The van der Waals surface area contributed by atoms with E-state index in [9.17, 15) is 9.59 Å². The van der Waals surface area contributed by atoms with Crippen LogP contribution < -0.4 is 5.32 Å². The molecule has 0 aliphatic carbocycles. The van der Waals surface area contributed by atoms with Crippen molar-refractivity contribution < 1.29 is 9.59 Å². The molecular weight excluding hydrogens is 290 g/mol. The van der Waals surface area contributed by atoms with Gasteiger partial charge in [-0.1, -0.05) is 32.8 Å². The zero-order chi connectivity index (χ0) is 17.1. The van der Waals surface area contributed by atoms with E-state index < -0.39 is 0 Å². The van der Waals surface area contributed by atoms with Crippen molar-refractivity contribution in [2.45, 2.75) is 46.0 Å². The lowest BCUT2D eigenvalue weighted by atomic mass is 10.1. The summed E-state index contributed by atoms with van der Waals surface area (Å²) >= 11 is 0. The summed E-state index contributed by atoms with van der Waals surface area (Å²) in [4.78, 5) is 29.4. The third-order valence-corrected chi connectivity index (χ3v) is 3.67. The zero-order valence-electron chi connectivity index (χ0n) is 14.6. The summed E-state index contributed by atoms with van der Waals surface area (Å²) in [7, 11) is 2.06. The number of aldehydes is 1. The average molecular weight is 319 g/mol. The topological polar surface area (TPSA) is 61.8 Å². The van der Waals surface area contributed by atoms with Crippen LogP contribution in [0.1, 0.15) is 46.0 Å². The van der Waals surface area contributed by atoms with Gasteiger partial charge in [-0.2, -0.15) is 0 Å². The van der Waals surface area contributed by atoms with Crippen LogP contribution in [0.15, 0.2) is 28.4 Å². The lowest BCUT2D eigenvalue weighted by Gasteiger charge is -2.17. The Morgan fingerprint density at radius 3 is 2.78 bits per heavy atom. The molecular formula is C18H29N3O2. The molecule has 0 unspecified atom stereocenters. The second-order valence-electron chi connectivity index (χ2n) is 5.89. The van der Waals surface area contributed by atoms with Crippen molar-refractivity contribution in [1.29, 1.82) is 0 Å². The zero-order valence-corrected chi connectivity index (χ0v) is 14.6. The van der Waals surface area contributed by atoms with Crippen molar-refractivity contribution in [2.24, 2.45) is 4.99 Å². The summed E-state index contributed by atoms with van der Waals surface area (Å²) in [5, 5.41) is 2.59. The molecule has 5 nitrogen and oxygen atoms in total. The number of rotatable bonds is 11. The van der Waals surface area contributed by atoms with Gasteiger partial charge < -0.3 is 15.0 Å². The molecule has 1 aliphatic rings. The van der Waals surface area contributed by atoms with Gasteiger partial charge in [0, 0.05) is 18.7 Å². The molecule has 0 atom stereocenters. The van der Waals surface area contributed by atoms with Crippen LogP contribution in [0.25, 0.3) is 0 Å². The fourth-order valence-corrected chi connectivity index (χ4v) is 2.44. The van der Waals surface area contributed by atoms with Crippen molar-refractivity contribution >= 4 is 17.9 Å². The summed E-state index contributed by atoms with van der Waals surface area (Å²) in [5.74, 6) is -0.255. The maximum Gasteiger partial charge on any atom is 0.270 e. The van der Waals surface area contributed by atoms with Gasteiger partial charge in [0.25, 0.3) is 5.91 Å². The highest BCUT2D eigenvalue weighted by molar-refractivity contribution is 6.07. The SMILES string of the molecule is CCC/C=C/C1=NC(C(=O)NCC=O)=C(CN(C)CCCC)C1. The molecule has 1 N–H and O–H groups in total. The van der Waals surface area contributed by atoms with Crippen LogP contribution >= 0.6 is 0 Å². The molecule has 0 radical (unpaired) electrons. The molecule has 0 spiro atoms. The molecule has 1 aliphatic heterocycles. The Balaban J connectivity index is 2.79. The first-order valence-electron chi connectivity index (χ1n) is 8.48. The number of hydrogen-bond acceptors (Lipinski definition) is 4. The average Bonchev–Trinajstić information content (AvgIpc) is 2.93. The van der Waals surface area contributed by atoms with E-state index in [4.69, 9.17) is 0 Å². The van der Waals surface area contributed by atoms with Gasteiger partial charge in [-0.05, 0) is 38.1 Å².